The van der Waals surface area contributed by atoms with E-state index in [0.717, 1.165) is 12.1 Å². The molecule has 1 rings (SSSR count). The van der Waals surface area contributed by atoms with Crippen molar-refractivity contribution >= 4 is 6.21 Å². The summed E-state index contributed by atoms with van der Waals surface area (Å²) in [6.45, 7) is 5.27. The van der Waals surface area contributed by atoms with Crippen LogP contribution in [0.4, 0.5) is 0 Å². The van der Waals surface area contributed by atoms with Gasteiger partial charge < -0.3 is 21.4 Å². The fraction of sp³-hybridized carbons (Fsp3) is 0.700. The highest BCUT2D eigenvalue weighted by molar-refractivity contribution is 5.77. The summed E-state index contributed by atoms with van der Waals surface area (Å²) in [6, 6.07) is 1.05. The minimum Gasteiger partial charge on any atom is -0.394 e. The Balaban J connectivity index is 2.71. The topological polar surface area (TPSA) is 59.9 Å². The van der Waals surface area contributed by atoms with Gasteiger partial charge in [0.25, 0.3) is 0 Å². The Hall–Kier alpha value is -0.870. The van der Waals surface area contributed by atoms with E-state index < -0.39 is 0 Å². The first-order valence-electron chi connectivity index (χ1n) is 5.06. The van der Waals surface area contributed by atoms with Crippen LogP contribution in [0.1, 0.15) is 13.8 Å². The summed E-state index contributed by atoms with van der Waals surface area (Å²) in [5, 5.41) is 17.2. The molecule has 0 spiro atoms. The van der Waals surface area contributed by atoms with Crippen LogP contribution < -0.4 is 16.0 Å². The van der Waals surface area contributed by atoms with Gasteiger partial charge in [0.05, 0.1) is 6.04 Å². The first-order chi connectivity index (χ1) is 6.69. The Morgan fingerprint density at radius 2 is 2.21 bits per heavy atom. The van der Waals surface area contributed by atoms with Crippen LogP contribution in [0.3, 0.4) is 0 Å². The van der Waals surface area contributed by atoms with E-state index in [1.807, 2.05) is 13.2 Å². The van der Waals surface area contributed by atoms with Gasteiger partial charge in [-0.2, -0.15) is 0 Å². The second-order valence-corrected chi connectivity index (χ2v) is 3.82. The van der Waals surface area contributed by atoms with Crippen LogP contribution in [0.25, 0.3) is 0 Å². The maximum absolute atomic E-state index is 7.35. The van der Waals surface area contributed by atoms with E-state index in [2.05, 4.69) is 29.8 Å². The molecule has 0 saturated carbocycles. The molecule has 4 nitrogen and oxygen atoms in total. The van der Waals surface area contributed by atoms with Crippen molar-refractivity contribution in [3.05, 3.63) is 11.8 Å². The first kappa shape index (κ1) is 11.2. The first-order valence-corrected chi connectivity index (χ1v) is 5.06. The van der Waals surface area contributed by atoms with Gasteiger partial charge in [0.2, 0.25) is 0 Å². The number of nitrogens with one attached hydrogen (secondary N) is 4. The zero-order valence-electron chi connectivity index (χ0n) is 9.09. The van der Waals surface area contributed by atoms with Gasteiger partial charge >= 0.3 is 0 Å². The van der Waals surface area contributed by atoms with E-state index in [-0.39, 0.29) is 6.04 Å². The predicted octanol–water partition coefficient (Wildman–Crippen LogP) is 0.0777. The third-order valence-electron chi connectivity index (χ3n) is 2.55. The van der Waals surface area contributed by atoms with Crippen LogP contribution in [-0.4, -0.2) is 37.9 Å². The summed E-state index contributed by atoms with van der Waals surface area (Å²) in [4.78, 5) is 0. The Morgan fingerprint density at radius 3 is 2.79 bits per heavy atom. The fourth-order valence-corrected chi connectivity index (χ4v) is 1.76. The van der Waals surface area contributed by atoms with Gasteiger partial charge in [-0.25, -0.2) is 0 Å². The molecule has 0 radical (unpaired) electrons. The van der Waals surface area contributed by atoms with Crippen molar-refractivity contribution in [3.8, 4) is 0 Å². The molecule has 80 valence electrons. The molecular formula is C10H20N4. The van der Waals surface area contributed by atoms with Gasteiger partial charge in [0.1, 0.15) is 0 Å². The molecule has 1 aliphatic heterocycles. The van der Waals surface area contributed by atoms with Crippen molar-refractivity contribution in [1.29, 1.82) is 5.41 Å². The van der Waals surface area contributed by atoms with Gasteiger partial charge in [-0.1, -0.05) is 0 Å². The summed E-state index contributed by atoms with van der Waals surface area (Å²) < 4.78 is 0. The van der Waals surface area contributed by atoms with Crippen LogP contribution >= 0.6 is 0 Å². The lowest BCUT2D eigenvalue weighted by Gasteiger charge is -2.35. The van der Waals surface area contributed by atoms with Crippen LogP contribution in [0.15, 0.2) is 11.8 Å². The van der Waals surface area contributed by atoms with E-state index >= 15 is 0 Å². The quantitative estimate of drug-likeness (QED) is 0.483. The second kappa shape index (κ2) is 5.12. The smallest absolute Gasteiger partial charge is 0.0505 e. The molecule has 1 fully saturated rings. The molecule has 4 heteroatoms. The zero-order chi connectivity index (χ0) is 10.6. The van der Waals surface area contributed by atoms with Crippen LogP contribution in [0, 0.1) is 5.41 Å². The van der Waals surface area contributed by atoms with Crippen LogP contribution in [0.2, 0.25) is 0 Å². The molecule has 0 aromatic rings. The highest BCUT2D eigenvalue weighted by atomic mass is 15.1. The third-order valence-corrected chi connectivity index (χ3v) is 2.55. The molecule has 14 heavy (non-hydrogen) atoms. The van der Waals surface area contributed by atoms with Crippen molar-refractivity contribution in [2.24, 2.45) is 0 Å². The molecule has 0 amide bonds. The Bertz CT molecular complexity index is 224. The number of piperazine rings is 1. The van der Waals surface area contributed by atoms with E-state index in [4.69, 9.17) is 5.41 Å². The van der Waals surface area contributed by atoms with Gasteiger partial charge in [0, 0.05) is 43.7 Å². The number of rotatable bonds is 3. The van der Waals surface area contributed by atoms with E-state index in [1.54, 1.807) is 0 Å². The van der Waals surface area contributed by atoms with E-state index in [9.17, 15) is 0 Å². The molecule has 0 aliphatic carbocycles. The molecule has 0 aromatic heterocycles. The molecule has 4 N–H and O–H groups in total. The second-order valence-electron chi connectivity index (χ2n) is 3.82. The average Bonchev–Trinajstić information content (AvgIpc) is 2.18. The van der Waals surface area contributed by atoms with Gasteiger partial charge in [-0.15, -0.1) is 0 Å². The maximum Gasteiger partial charge on any atom is 0.0505 e. The number of hydrogen-bond donors (Lipinski definition) is 4. The number of hydrogen-bond acceptors (Lipinski definition) is 4. The summed E-state index contributed by atoms with van der Waals surface area (Å²) >= 11 is 0. The highest BCUT2D eigenvalue weighted by Crippen LogP contribution is 2.09. The van der Waals surface area contributed by atoms with Crippen molar-refractivity contribution in [3.63, 3.8) is 0 Å². The lowest BCUT2D eigenvalue weighted by atomic mass is 9.98. The van der Waals surface area contributed by atoms with E-state index in [0.29, 0.717) is 12.1 Å². The monoisotopic (exact) mass is 196 g/mol. The summed E-state index contributed by atoms with van der Waals surface area (Å²) in [6.07, 6.45) is 3.28. The standard InChI is InChI=1S/C10H20N4/c1-7-5-13-8(2)10(14-7)9(4-11)6-12-3/h4,6-8,10-14H,5H2,1-3H3/b9-6+,11-4?. The van der Waals surface area contributed by atoms with Crippen LogP contribution in [-0.2, 0) is 0 Å². The zero-order valence-corrected chi connectivity index (χ0v) is 9.09. The predicted molar refractivity (Wildman–Crippen MR) is 59.8 cm³/mol. The molecule has 0 bridgehead atoms. The Kier molecular flexibility index (Phi) is 4.10. The Labute approximate surface area is 85.7 Å². The van der Waals surface area contributed by atoms with Crippen molar-refractivity contribution < 1.29 is 0 Å². The lowest BCUT2D eigenvalue weighted by Crippen LogP contribution is -2.59. The van der Waals surface area contributed by atoms with Gasteiger partial charge in [-0.05, 0) is 13.8 Å². The summed E-state index contributed by atoms with van der Waals surface area (Å²) in [5.41, 5.74) is 0.985. The molecule has 1 saturated heterocycles. The highest BCUT2D eigenvalue weighted by Gasteiger charge is 2.26. The third kappa shape index (κ3) is 2.56. The normalized spacial score (nSPS) is 33.9. The lowest BCUT2D eigenvalue weighted by molar-refractivity contribution is 0.321. The molecule has 1 aliphatic rings. The molecule has 3 atom stereocenters. The summed E-state index contributed by atoms with van der Waals surface area (Å²) in [5.74, 6) is 0. The van der Waals surface area contributed by atoms with Crippen molar-refractivity contribution in [2.75, 3.05) is 13.6 Å². The molecule has 1 heterocycles. The molecule has 0 aromatic carbocycles. The summed E-state index contributed by atoms with van der Waals surface area (Å²) in [7, 11) is 1.86. The molecular weight excluding hydrogens is 176 g/mol. The fourth-order valence-electron chi connectivity index (χ4n) is 1.76. The maximum atomic E-state index is 7.35. The van der Waals surface area contributed by atoms with Gasteiger partial charge in [-0.3, -0.25) is 0 Å². The average molecular weight is 196 g/mol. The Morgan fingerprint density at radius 1 is 1.50 bits per heavy atom. The van der Waals surface area contributed by atoms with E-state index in [1.165, 1.54) is 6.21 Å². The largest absolute Gasteiger partial charge is 0.394 e. The van der Waals surface area contributed by atoms with Crippen LogP contribution in [0.5, 0.6) is 0 Å². The molecule has 3 unspecified atom stereocenters. The van der Waals surface area contributed by atoms with Crippen molar-refractivity contribution in [2.45, 2.75) is 32.0 Å². The minimum absolute atomic E-state index is 0.226. The minimum atomic E-state index is 0.226. The van der Waals surface area contributed by atoms with Crippen molar-refractivity contribution in [1.82, 2.24) is 16.0 Å². The van der Waals surface area contributed by atoms with Gasteiger partial charge in [0.15, 0.2) is 0 Å². The SMILES string of the molecule is CN/C=C(\C=N)C1NC(C)CNC1C.